The zero-order chi connectivity index (χ0) is 24.6. The summed E-state index contributed by atoms with van der Waals surface area (Å²) in [4.78, 5) is 14.3. The molecule has 0 radical (unpaired) electrons. The minimum Gasteiger partial charge on any atom is -0.496 e. The molecule has 0 saturated heterocycles. The molecule has 0 fully saturated rings. The number of benzene rings is 1. The highest BCUT2D eigenvalue weighted by Crippen LogP contribution is 2.56. The molecule has 0 aromatic heterocycles. The van der Waals surface area contributed by atoms with E-state index in [9.17, 15) is 20.6 Å². The number of halogens is 1. The summed E-state index contributed by atoms with van der Waals surface area (Å²) in [6.45, 7) is 5.69. The molecule has 8 nitrogen and oxygen atoms in total. The number of allylic oxidation sites excluding steroid dienone is 2. The molecule has 1 aliphatic carbocycles. The van der Waals surface area contributed by atoms with Gasteiger partial charge < -0.3 is 20.1 Å². The van der Waals surface area contributed by atoms with Crippen molar-refractivity contribution in [3.63, 3.8) is 0 Å². The van der Waals surface area contributed by atoms with Crippen LogP contribution >= 0.6 is 15.9 Å². The van der Waals surface area contributed by atoms with Crippen molar-refractivity contribution in [2.75, 3.05) is 20.2 Å². The highest BCUT2D eigenvalue weighted by molar-refractivity contribution is 9.10. The Labute approximate surface area is 201 Å². The Morgan fingerprint density at radius 1 is 1.27 bits per heavy atom. The fraction of sp³-hybridized carbons (Fsp3) is 0.417. The molecule has 0 saturated carbocycles. The maximum absolute atomic E-state index is 12.8. The minimum atomic E-state index is -1.84. The second kappa shape index (κ2) is 8.81. The smallest absolute Gasteiger partial charge is 0.410 e. The first-order chi connectivity index (χ1) is 15.5. The standard InChI is InChI=1S/C24H24BrN5O3/c1-23(2,3)33-22(31)30-8-7-15-17(10-26)21(29)24(12-27,13-28)20(18(15)11-30)16-9-14(25)5-6-19(16)32-4/h5-7,9,18,20H,8,11,29H2,1-4H3/t18-,20+/m0/s1. The summed E-state index contributed by atoms with van der Waals surface area (Å²) in [5.74, 6) is -0.885. The van der Waals surface area contributed by atoms with Crippen LogP contribution in [0.4, 0.5) is 4.79 Å². The lowest BCUT2D eigenvalue weighted by Crippen LogP contribution is -2.50. The molecule has 2 aliphatic rings. The van der Waals surface area contributed by atoms with Crippen LogP contribution in [-0.4, -0.2) is 36.8 Å². The Morgan fingerprint density at radius 2 is 1.94 bits per heavy atom. The van der Waals surface area contributed by atoms with Gasteiger partial charge in [0.2, 0.25) is 0 Å². The number of methoxy groups -OCH3 is 1. The average molecular weight is 510 g/mol. The molecule has 0 spiro atoms. The molecule has 2 atom stereocenters. The minimum absolute atomic E-state index is 0.0877. The Kier molecular flexibility index (Phi) is 6.45. The van der Waals surface area contributed by atoms with Crippen molar-refractivity contribution in [2.24, 2.45) is 17.1 Å². The van der Waals surface area contributed by atoms with Crippen molar-refractivity contribution >= 4 is 22.0 Å². The van der Waals surface area contributed by atoms with Crippen LogP contribution in [0.15, 0.2) is 45.6 Å². The molecule has 2 N–H and O–H groups in total. The number of fused-ring (bicyclic) bond motifs is 1. The fourth-order valence-corrected chi connectivity index (χ4v) is 4.83. The maximum atomic E-state index is 12.8. The highest BCUT2D eigenvalue weighted by Gasteiger charge is 2.55. The lowest BCUT2D eigenvalue weighted by atomic mass is 9.58. The Balaban J connectivity index is 2.26. The number of nitrogens with zero attached hydrogens (tertiary/aromatic N) is 4. The van der Waals surface area contributed by atoms with Crippen LogP contribution < -0.4 is 10.5 Å². The monoisotopic (exact) mass is 509 g/mol. The normalized spacial score (nSPS) is 21.6. The fourth-order valence-electron chi connectivity index (χ4n) is 4.45. The molecule has 1 heterocycles. The maximum Gasteiger partial charge on any atom is 0.410 e. The van der Waals surface area contributed by atoms with Gasteiger partial charge in [0.05, 0.1) is 30.5 Å². The first kappa shape index (κ1) is 24.2. The van der Waals surface area contributed by atoms with Crippen molar-refractivity contribution in [3.05, 3.63) is 51.2 Å². The van der Waals surface area contributed by atoms with E-state index in [-0.39, 0.29) is 24.4 Å². The van der Waals surface area contributed by atoms with E-state index in [4.69, 9.17) is 15.2 Å². The van der Waals surface area contributed by atoms with E-state index < -0.39 is 28.9 Å². The van der Waals surface area contributed by atoms with Crippen molar-refractivity contribution in [1.82, 2.24) is 4.90 Å². The molecular weight excluding hydrogens is 486 g/mol. The van der Waals surface area contributed by atoms with Crippen molar-refractivity contribution in [2.45, 2.75) is 32.3 Å². The molecule has 33 heavy (non-hydrogen) atoms. The van der Waals surface area contributed by atoms with Gasteiger partial charge in [-0.15, -0.1) is 0 Å². The zero-order valence-electron chi connectivity index (χ0n) is 18.8. The number of carbonyl (C=O) groups excluding carboxylic acids is 1. The quantitative estimate of drug-likeness (QED) is 0.632. The van der Waals surface area contributed by atoms with E-state index in [0.717, 1.165) is 4.47 Å². The average Bonchev–Trinajstić information content (AvgIpc) is 2.77. The van der Waals surface area contributed by atoms with E-state index in [1.165, 1.54) is 12.0 Å². The van der Waals surface area contributed by atoms with Crippen molar-refractivity contribution in [3.8, 4) is 24.0 Å². The van der Waals surface area contributed by atoms with Gasteiger partial charge in [0.25, 0.3) is 0 Å². The van der Waals surface area contributed by atoms with Crippen LogP contribution in [0.25, 0.3) is 0 Å². The first-order valence-corrected chi connectivity index (χ1v) is 11.1. The Bertz CT molecular complexity index is 1160. The Hall–Kier alpha value is -3.48. The van der Waals surface area contributed by atoms with Crippen LogP contribution in [0, 0.1) is 45.3 Å². The van der Waals surface area contributed by atoms with Crippen molar-refractivity contribution < 1.29 is 14.3 Å². The van der Waals surface area contributed by atoms with Gasteiger partial charge in [-0.1, -0.05) is 22.0 Å². The zero-order valence-corrected chi connectivity index (χ0v) is 20.4. The third-order valence-electron chi connectivity index (χ3n) is 5.84. The SMILES string of the molecule is COc1ccc(Br)cc1[C@@H]1[C@H]2CN(C(=O)OC(C)(C)C)CC=C2C(C#N)=C(N)C1(C#N)C#N. The van der Waals surface area contributed by atoms with E-state index in [1.807, 2.05) is 0 Å². The van der Waals surface area contributed by atoms with E-state index in [1.54, 1.807) is 45.0 Å². The molecule has 1 aromatic rings. The Morgan fingerprint density at radius 3 is 2.48 bits per heavy atom. The van der Waals surface area contributed by atoms with Gasteiger partial charge >= 0.3 is 6.09 Å². The van der Waals surface area contributed by atoms with Gasteiger partial charge in [-0.05, 0) is 44.5 Å². The second-order valence-corrected chi connectivity index (χ2v) is 9.86. The molecule has 1 amide bonds. The van der Waals surface area contributed by atoms with Crippen molar-refractivity contribution in [1.29, 1.82) is 15.8 Å². The molecule has 9 heteroatoms. The van der Waals surface area contributed by atoms with E-state index >= 15 is 0 Å². The largest absolute Gasteiger partial charge is 0.496 e. The van der Waals surface area contributed by atoms with Gasteiger partial charge in [-0.25, -0.2) is 4.79 Å². The van der Waals surface area contributed by atoms with Gasteiger partial charge in [0.15, 0.2) is 5.41 Å². The number of nitrogens with two attached hydrogens (primary N) is 1. The molecule has 0 unspecified atom stereocenters. The summed E-state index contributed by atoms with van der Waals surface area (Å²) >= 11 is 3.45. The van der Waals surface area contributed by atoms with Gasteiger partial charge in [0, 0.05) is 35.0 Å². The summed E-state index contributed by atoms with van der Waals surface area (Å²) in [6, 6.07) is 11.6. The third-order valence-corrected chi connectivity index (χ3v) is 6.34. The second-order valence-electron chi connectivity index (χ2n) is 8.95. The summed E-state index contributed by atoms with van der Waals surface area (Å²) in [5.41, 5.74) is 5.04. The van der Waals surface area contributed by atoms with Gasteiger partial charge in [-0.3, -0.25) is 0 Å². The lowest BCUT2D eigenvalue weighted by Gasteiger charge is -2.45. The molecule has 0 bridgehead atoms. The molecule has 1 aromatic carbocycles. The van der Waals surface area contributed by atoms with Crippen LogP contribution in [-0.2, 0) is 4.74 Å². The highest BCUT2D eigenvalue weighted by atomic mass is 79.9. The van der Waals surface area contributed by atoms with Crippen LogP contribution in [0.3, 0.4) is 0 Å². The van der Waals surface area contributed by atoms with E-state index in [0.29, 0.717) is 16.9 Å². The summed E-state index contributed by atoms with van der Waals surface area (Å²) in [7, 11) is 1.50. The number of amides is 1. The summed E-state index contributed by atoms with van der Waals surface area (Å²) < 4.78 is 11.8. The molecule has 3 rings (SSSR count). The summed E-state index contributed by atoms with van der Waals surface area (Å²) in [5, 5.41) is 30.3. The predicted molar refractivity (Wildman–Crippen MR) is 123 cm³/mol. The summed E-state index contributed by atoms with van der Waals surface area (Å²) in [6.07, 6.45) is 1.23. The van der Waals surface area contributed by atoms with Crippen LogP contribution in [0.1, 0.15) is 32.3 Å². The number of carbonyl (C=O) groups is 1. The predicted octanol–water partition coefficient (Wildman–Crippen LogP) is 4.12. The van der Waals surface area contributed by atoms with Gasteiger partial charge in [-0.2, -0.15) is 15.8 Å². The first-order valence-electron chi connectivity index (χ1n) is 10.3. The molecular formula is C24H24BrN5O3. The number of hydrogen-bond donors (Lipinski definition) is 1. The third kappa shape index (κ3) is 4.15. The number of rotatable bonds is 2. The van der Waals surface area contributed by atoms with E-state index in [2.05, 4.69) is 34.1 Å². The topological polar surface area (TPSA) is 136 Å². The van der Waals surface area contributed by atoms with Gasteiger partial charge in [0.1, 0.15) is 17.4 Å². The molecule has 1 aliphatic heterocycles. The van der Waals surface area contributed by atoms with Crippen LogP contribution in [0.5, 0.6) is 5.75 Å². The van der Waals surface area contributed by atoms with Crippen LogP contribution in [0.2, 0.25) is 0 Å². The lowest BCUT2D eigenvalue weighted by molar-refractivity contribution is 0.0224. The molecule has 170 valence electrons. The number of nitriles is 3. The number of hydrogen-bond acceptors (Lipinski definition) is 7. The number of ether oxygens (including phenoxy) is 2.